The van der Waals surface area contributed by atoms with Crippen molar-refractivity contribution in [3.8, 4) is 5.75 Å². The quantitative estimate of drug-likeness (QED) is 0.719. The molecular weight excluding hydrogens is 268 g/mol. The van der Waals surface area contributed by atoms with Crippen LogP contribution < -0.4 is 4.74 Å². The molecule has 21 heavy (non-hydrogen) atoms. The van der Waals surface area contributed by atoms with Crippen molar-refractivity contribution in [1.29, 1.82) is 0 Å². The van der Waals surface area contributed by atoms with Crippen LogP contribution in [0.1, 0.15) is 11.1 Å². The number of carbonyl (C=O) groups is 1. The maximum atomic E-state index is 12.1. The Hall–Kier alpha value is -2.69. The molecule has 0 N–H and O–H groups in total. The Morgan fingerprint density at radius 3 is 2.43 bits per heavy atom. The van der Waals surface area contributed by atoms with Crippen LogP contribution >= 0.6 is 0 Å². The molecule has 5 nitrogen and oxygen atoms in total. The van der Waals surface area contributed by atoms with Crippen molar-refractivity contribution in [1.82, 2.24) is 10.3 Å². The fraction of sp³-hybridized carbons (Fsp3) is 0.188. The Kier molecular flexibility index (Phi) is 3.64. The summed E-state index contributed by atoms with van der Waals surface area (Å²) in [5.41, 5.74) is 3.26. The zero-order valence-corrected chi connectivity index (χ0v) is 11.6. The van der Waals surface area contributed by atoms with E-state index in [0.29, 0.717) is 23.9 Å². The molecule has 1 heterocycles. The van der Waals surface area contributed by atoms with E-state index in [1.165, 1.54) is 0 Å². The Bertz CT molecular complexity index is 763. The van der Waals surface area contributed by atoms with Crippen LogP contribution in [0.15, 0.2) is 47.1 Å². The van der Waals surface area contributed by atoms with Gasteiger partial charge in [-0.3, -0.25) is 4.79 Å². The van der Waals surface area contributed by atoms with Gasteiger partial charge in [-0.05, 0) is 45.7 Å². The predicted octanol–water partition coefficient (Wildman–Crippen LogP) is 2.59. The van der Waals surface area contributed by atoms with Crippen molar-refractivity contribution in [3.63, 3.8) is 0 Å². The van der Waals surface area contributed by atoms with Gasteiger partial charge in [0.05, 0.1) is 7.11 Å². The molecule has 3 rings (SSSR count). The third-order valence-electron chi connectivity index (χ3n) is 3.28. The number of methoxy groups -OCH3 is 1. The van der Waals surface area contributed by atoms with E-state index in [-0.39, 0.29) is 5.78 Å². The lowest BCUT2D eigenvalue weighted by molar-refractivity contribution is -0.117. The van der Waals surface area contributed by atoms with Gasteiger partial charge in [0.1, 0.15) is 22.6 Å². The van der Waals surface area contributed by atoms with Gasteiger partial charge in [-0.1, -0.05) is 18.2 Å². The lowest BCUT2D eigenvalue weighted by atomic mass is 10.0. The van der Waals surface area contributed by atoms with E-state index in [1.54, 1.807) is 7.11 Å². The highest BCUT2D eigenvalue weighted by Crippen LogP contribution is 2.15. The number of Topliss-reactive ketones (excluding diaryl/α,β-unsaturated/α-hetero) is 1. The van der Waals surface area contributed by atoms with Crippen LogP contribution in [-0.2, 0) is 17.6 Å². The van der Waals surface area contributed by atoms with Crippen LogP contribution in [0.25, 0.3) is 11.0 Å². The van der Waals surface area contributed by atoms with Crippen molar-refractivity contribution in [2.45, 2.75) is 12.8 Å². The minimum atomic E-state index is 0.149. The number of carbonyl (C=O) groups excluding carboxylic acids is 1. The maximum Gasteiger partial charge on any atom is 0.141 e. The first kappa shape index (κ1) is 13.3. The second kappa shape index (κ2) is 5.75. The van der Waals surface area contributed by atoms with Crippen LogP contribution in [0.2, 0.25) is 0 Å². The topological polar surface area (TPSA) is 65.2 Å². The molecule has 0 aliphatic heterocycles. The summed E-state index contributed by atoms with van der Waals surface area (Å²) in [5, 5.41) is 7.52. The van der Waals surface area contributed by atoms with Crippen molar-refractivity contribution >= 4 is 16.8 Å². The molecule has 0 bridgehead atoms. The highest BCUT2D eigenvalue weighted by molar-refractivity contribution is 5.84. The molecular formula is C16H14N2O3. The molecule has 5 heteroatoms. The molecule has 0 saturated carbocycles. The zero-order chi connectivity index (χ0) is 14.7. The zero-order valence-electron chi connectivity index (χ0n) is 11.6. The fourth-order valence-corrected chi connectivity index (χ4v) is 2.20. The van der Waals surface area contributed by atoms with Gasteiger partial charge in [-0.2, -0.15) is 0 Å². The molecule has 0 radical (unpaired) electrons. The number of rotatable bonds is 5. The van der Waals surface area contributed by atoms with Gasteiger partial charge in [0.15, 0.2) is 0 Å². The number of hydrogen-bond acceptors (Lipinski definition) is 5. The number of fused-ring (bicyclic) bond motifs is 1. The van der Waals surface area contributed by atoms with E-state index in [9.17, 15) is 4.79 Å². The Morgan fingerprint density at radius 1 is 1.00 bits per heavy atom. The fourth-order valence-electron chi connectivity index (χ4n) is 2.20. The lowest BCUT2D eigenvalue weighted by Crippen LogP contribution is -2.06. The normalized spacial score (nSPS) is 10.7. The molecule has 0 aliphatic carbocycles. The van der Waals surface area contributed by atoms with E-state index in [2.05, 4.69) is 14.9 Å². The van der Waals surface area contributed by atoms with Gasteiger partial charge >= 0.3 is 0 Å². The molecule has 0 saturated heterocycles. The molecule has 0 amide bonds. The molecule has 3 aromatic rings. The van der Waals surface area contributed by atoms with E-state index < -0.39 is 0 Å². The number of hydrogen-bond donors (Lipinski definition) is 0. The molecule has 0 fully saturated rings. The minimum Gasteiger partial charge on any atom is -0.497 e. The van der Waals surface area contributed by atoms with Crippen molar-refractivity contribution in [2.75, 3.05) is 7.11 Å². The summed E-state index contributed by atoms with van der Waals surface area (Å²) < 4.78 is 9.74. The van der Waals surface area contributed by atoms with E-state index in [1.807, 2.05) is 42.5 Å². The van der Waals surface area contributed by atoms with Gasteiger partial charge in [-0.15, -0.1) is 0 Å². The average Bonchev–Trinajstić information content (AvgIpc) is 2.95. The number of benzene rings is 2. The van der Waals surface area contributed by atoms with Crippen LogP contribution in [0, 0.1) is 0 Å². The average molecular weight is 282 g/mol. The smallest absolute Gasteiger partial charge is 0.141 e. The summed E-state index contributed by atoms with van der Waals surface area (Å²) in [7, 11) is 1.62. The van der Waals surface area contributed by atoms with E-state index >= 15 is 0 Å². The number of nitrogens with zero attached hydrogens (tertiary/aromatic N) is 2. The Morgan fingerprint density at radius 2 is 1.67 bits per heavy atom. The number of ketones is 1. The molecule has 0 aliphatic rings. The highest BCUT2D eigenvalue weighted by atomic mass is 16.6. The molecule has 0 atom stereocenters. The van der Waals surface area contributed by atoms with Gasteiger partial charge in [-0.25, -0.2) is 4.63 Å². The predicted molar refractivity (Wildman–Crippen MR) is 77.2 cm³/mol. The number of aromatic nitrogens is 2. The third kappa shape index (κ3) is 3.08. The van der Waals surface area contributed by atoms with E-state index in [4.69, 9.17) is 4.74 Å². The van der Waals surface area contributed by atoms with Crippen molar-refractivity contribution in [2.24, 2.45) is 0 Å². The standard InChI is InChI=1S/C16H14N2O3/c1-20-14-5-2-11(3-6-14)8-13(19)9-12-4-7-15-16(10-12)18-21-17-15/h2-7,10H,8-9H2,1H3. The Labute approximate surface area is 121 Å². The van der Waals surface area contributed by atoms with Gasteiger partial charge in [0, 0.05) is 12.8 Å². The lowest BCUT2D eigenvalue weighted by Gasteiger charge is -2.03. The van der Waals surface area contributed by atoms with Crippen LogP contribution in [-0.4, -0.2) is 23.2 Å². The monoisotopic (exact) mass is 282 g/mol. The summed E-state index contributed by atoms with van der Waals surface area (Å²) in [4.78, 5) is 12.1. The molecule has 2 aromatic carbocycles. The first-order valence-electron chi connectivity index (χ1n) is 6.60. The second-order valence-corrected chi connectivity index (χ2v) is 4.83. The second-order valence-electron chi connectivity index (χ2n) is 4.83. The minimum absolute atomic E-state index is 0.149. The summed E-state index contributed by atoms with van der Waals surface area (Å²) in [6.07, 6.45) is 0.772. The van der Waals surface area contributed by atoms with E-state index in [0.717, 1.165) is 16.9 Å². The summed E-state index contributed by atoms with van der Waals surface area (Å²) in [6.45, 7) is 0. The van der Waals surface area contributed by atoms with Crippen LogP contribution in [0.4, 0.5) is 0 Å². The summed E-state index contributed by atoms with van der Waals surface area (Å²) in [5.74, 6) is 0.936. The summed E-state index contributed by atoms with van der Waals surface area (Å²) in [6, 6.07) is 13.0. The largest absolute Gasteiger partial charge is 0.497 e. The van der Waals surface area contributed by atoms with Gasteiger partial charge < -0.3 is 4.74 Å². The number of ether oxygens (including phenoxy) is 1. The first-order valence-corrected chi connectivity index (χ1v) is 6.60. The van der Waals surface area contributed by atoms with Crippen LogP contribution in [0.5, 0.6) is 5.75 Å². The Balaban J connectivity index is 1.67. The molecule has 106 valence electrons. The maximum absolute atomic E-state index is 12.1. The molecule has 0 unspecified atom stereocenters. The molecule has 0 spiro atoms. The molecule has 1 aromatic heterocycles. The third-order valence-corrected chi connectivity index (χ3v) is 3.28. The van der Waals surface area contributed by atoms with Gasteiger partial charge in [0.2, 0.25) is 0 Å². The van der Waals surface area contributed by atoms with Crippen molar-refractivity contribution < 1.29 is 14.2 Å². The van der Waals surface area contributed by atoms with Crippen LogP contribution in [0.3, 0.4) is 0 Å². The SMILES string of the molecule is COc1ccc(CC(=O)Cc2ccc3nonc3c2)cc1. The first-order chi connectivity index (χ1) is 10.2. The highest BCUT2D eigenvalue weighted by Gasteiger charge is 2.08. The van der Waals surface area contributed by atoms with Gasteiger partial charge in [0.25, 0.3) is 0 Å². The van der Waals surface area contributed by atoms with Crippen molar-refractivity contribution in [3.05, 3.63) is 53.6 Å². The summed E-state index contributed by atoms with van der Waals surface area (Å²) >= 11 is 0.